The van der Waals surface area contributed by atoms with Crippen molar-refractivity contribution < 1.29 is 17.6 Å². The number of nitrogens with zero attached hydrogens (tertiary/aromatic N) is 2. The molecule has 1 amide bonds. The van der Waals surface area contributed by atoms with Gasteiger partial charge in [-0.3, -0.25) is 4.79 Å². The Bertz CT molecular complexity index is 920. The molecule has 0 atom stereocenters. The number of benzene rings is 2. The van der Waals surface area contributed by atoms with Gasteiger partial charge in [0.05, 0.1) is 16.5 Å². The molecule has 0 aliphatic carbocycles. The maximum absolute atomic E-state index is 12.9. The molecule has 0 unspecified atom stereocenters. The van der Waals surface area contributed by atoms with E-state index in [-0.39, 0.29) is 23.8 Å². The first-order chi connectivity index (χ1) is 12.8. The predicted octanol–water partition coefficient (Wildman–Crippen LogP) is 2.41. The highest BCUT2D eigenvalue weighted by Crippen LogP contribution is 2.15. The monoisotopic (exact) mass is 389 g/mol. The molecule has 0 aliphatic heterocycles. The Morgan fingerprint density at radius 2 is 1.78 bits per heavy atom. The molecule has 2 aromatic carbocycles. The van der Waals surface area contributed by atoms with Gasteiger partial charge in [0.1, 0.15) is 5.82 Å². The quantitative estimate of drug-likeness (QED) is 0.751. The summed E-state index contributed by atoms with van der Waals surface area (Å²) in [6, 6.07) is 13.5. The lowest BCUT2D eigenvalue weighted by Gasteiger charge is -2.17. The summed E-state index contributed by atoms with van der Waals surface area (Å²) in [4.78, 5) is 11.9. The lowest BCUT2D eigenvalue weighted by Crippen LogP contribution is -2.29. The minimum Gasteiger partial charge on any atom is -0.352 e. The van der Waals surface area contributed by atoms with Crippen molar-refractivity contribution in [1.29, 1.82) is 5.26 Å². The number of sulfonamides is 1. The number of amides is 1. The molecule has 0 saturated heterocycles. The van der Waals surface area contributed by atoms with E-state index in [1.54, 1.807) is 24.3 Å². The van der Waals surface area contributed by atoms with Crippen molar-refractivity contribution in [2.75, 3.05) is 13.6 Å². The number of halogens is 1. The fraction of sp³-hybridized carbons (Fsp3) is 0.263. The van der Waals surface area contributed by atoms with Crippen LogP contribution < -0.4 is 5.32 Å². The average molecular weight is 389 g/mol. The highest BCUT2D eigenvalue weighted by molar-refractivity contribution is 7.89. The fourth-order valence-electron chi connectivity index (χ4n) is 2.36. The summed E-state index contributed by atoms with van der Waals surface area (Å²) in [5.41, 5.74) is 1.42. The molecule has 2 aromatic rings. The Morgan fingerprint density at radius 3 is 2.37 bits per heavy atom. The molecule has 0 radical (unpaired) electrons. The number of hydrogen-bond donors (Lipinski definition) is 1. The van der Waals surface area contributed by atoms with E-state index in [4.69, 9.17) is 5.26 Å². The third-order valence-corrected chi connectivity index (χ3v) is 5.84. The summed E-state index contributed by atoms with van der Waals surface area (Å²) in [7, 11) is -2.28. The molecule has 2 rings (SSSR count). The van der Waals surface area contributed by atoms with Crippen molar-refractivity contribution in [2.24, 2.45) is 0 Å². The van der Waals surface area contributed by atoms with Crippen LogP contribution in [0.3, 0.4) is 0 Å². The first-order valence-corrected chi connectivity index (χ1v) is 9.74. The van der Waals surface area contributed by atoms with Gasteiger partial charge in [0, 0.05) is 26.6 Å². The molecule has 0 fully saturated rings. The maximum atomic E-state index is 12.9. The molecule has 6 nitrogen and oxygen atoms in total. The number of rotatable bonds is 8. The van der Waals surface area contributed by atoms with Gasteiger partial charge in [0.2, 0.25) is 15.9 Å². The molecule has 0 heterocycles. The van der Waals surface area contributed by atoms with E-state index < -0.39 is 15.8 Å². The first kappa shape index (κ1) is 20.6. The second kappa shape index (κ2) is 9.26. The molecule has 0 bridgehead atoms. The third kappa shape index (κ3) is 5.88. The zero-order chi connectivity index (χ0) is 19.9. The van der Waals surface area contributed by atoms with Gasteiger partial charge < -0.3 is 5.32 Å². The van der Waals surface area contributed by atoms with Crippen molar-refractivity contribution in [3.63, 3.8) is 0 Å². The summed E-state index contributed by atoms with van der Waals surface area (Å²) in [5.74, 6) is -0.692. The Hall–Kier alpha value is -2.76. The second-order valence-corrected chi connectivity index (χ2v) is 8.01. The van der Waals surface area contributed by atoms with Gasteiger partial charge in [-0.15, -0.1) is 0 Å². The van der Waals surface area contributed by atoms with Crippen LogP contribution in [-0.2, 0) is 21.4 Å². The van der Waals surface area contributed by atoms with E-state index in [2.05, 4.69) is 5.32 Å². The van der Waals surface area contributed by atoms with Crippen LogP contribution in [0.15, 0.2) is 53.4 Å². The van der Waals surface area contributed by atoms with Gasteiger partial charge >= 0.3 is 0 Å². The van der Waals surface area contributed by atoms with Crippen LogP contribution in [-0.4, -0.2) is 32.2 Å². The van der Waals surface area contributed by atoms with Crippen LogP contribution in [0.25, 0.3) is 0 Å². The second-order valence-electron chi connectivity index (χ2n) is 5.97. The predicted molar refractivity (Wildman–Crippen MR) is 98.5 cm³/mol. The molecule has 0 aliphatic rings. The smallest absolute Gasteiger partial charge is 0.242 e. The van der Waals surface area contributed by atoms with Crippen LogP contribution in [0.1, 0.15) is 24.0 Å². The summed E-state index contributed by atoms with van der Waals surface area (Å²) < 4.78 is 38.8. The Morgan fingerprint density at radius 1 is 1.15 bits per heavy atom. The first-order valence-electron chi connectivity index (χ1n) is 8.30. The summed E-state index contributed by atoms with van der Waals surface area (Å²) in [5, 5.41) is 11.5. The van der Waals surface area contributed by atoms with Crippen LogP contribution in [0.2, 0.25) is 0 Å². The van der Waals surface area contributed by atoms with E-state index >= 15 is 0 Å². The van der Waals surface area contributed by atoms with Crippen LogP contribution in [0.5, 0.6) is 0 Å². The minimum atomic E-state index is -3.71. The molecular formula is C19H20FN3O3S. The van der Waals surface area contributed by atoms with E-state index in [1.165, 1.54) is 19.2 Å². The standard InChI is InChI=1S/C19H20FN3O3S/c1-23(27(25,26)18-10-8-17(20)9-11-18)12-2-3-19(24)22-14-16-6-4-15(13-21)5-7-16/h4-11H,2-3,12,14H2,1H3,(H,22,24). The lowest BCUT2D eigenvalue weighted by atomic mass is 10.1. The number of carbonyl (C=O) groups excluding carboxylic acids is 1. The SMILES string of the molecule is CN(CCCC(=O)NCc1ccc(C#N)cc1)S(=O)(=O)c1ccc(F)cc1. The van der Waals surface area contributed by atoms with Gasteiger partial charge in [-0.05, 0) is 48.4 Å². The summed E-state index contributed by atoms with van der Waals surface area (Å²) in [6.45, 7) is 0.512. The van der Waals surface area contributed by atoms with E-state index in [9.17, 15) is 17.6 Å². The highest BCUT2D eigenvalue weighted by atomic mass is 32.2. The van der Waals surface area contributed by atoms with E-state index in [0.29, 0.717) is 18.5 Å². The van der Waals surface area contributed by atoms with E-state index in [1.807, 2.05) is 6.07 Å². The molecule has 0 saturated carbocycles. The Kier molecular flexibility index (Phi) is 7.05. The molecular weight excluding hydrogens is 369 g/mol. The molecule has 0 spiro atoms. The molecule has 142 valence electrons. The van der Waals surface area contributed by atoms with Gasteiger partial charge in [0.15, 0.2) is 0 Å². The summed E-state index contributed by atoms with van der Waals surface area (Å²) in [6.07, 6.45) is 0.537. The minimum absolute atomic E-state index is 0.0108. The Labute approximate surface area is 158 Å². The fourth-order valence-corrected chi connectivity index (χ4v) is 3.56. The van der Waals surface area contributed by atoms with Crippen molar-refractivity contribution >= 4 is 15.9 Å². The summed E-state index contributed by atoms with van der Waals surface area (Å²) >= 11 is 0. The van der Waals surface area contributed by atoms with Gasteiger partial charge in [-0.25, -0.2) is 17.1 Å². The number of hydrogen-bond acceptors (Lipinski definition) is 4. The van der Waals surface area contributed by atoms with Crippen LogP contribution in [0.4, 0.5) is 4.39 Å². The van der Waals surface area contributed by atoms with Gasteiger partial charge in [-0.1, -0.05) is 12.1 Å². The zero-order valence-corrected chi connectivity index (χ0v) is 15.7. The normalized spacial score (nSPS) is 11.2. The topological polar surface area (TPSA) is 90.3 Å². The number of nitriles is 1. The van der Waals surface area contributed by atoms with Crippen molar-refractivity contribution in [1.82, 2.24) is 9.62 Å². The average Bonchev–Trinajstić information content (AvgIpc) is 2.67. The van der Waals surface area contributed by atoms with Gasteiger partial charge in [0.25, 0.3) is 0 Å². The van der Waals surface area contributed by atoms with Crippen molar-refractivity contribution in [3.05, 3.63) is 65.5 Å². The van der Waals surface area contributed by atoms with Crippen LogP contribution >= 0.6 is 0 Å². The van der Waals surface area contributed by atoms with Crippen LogP contribution in [0, 0.1) is 17.1 Å². The van der Waals surface area contributed by atoms with E-state index in [0.717, 1.165) is 22.0 Å². The maximum Gasteiger partial charge on any atom is 0.242 e. The molecule has 1 N–H and O–H groups in total. The number of carbonyl (C=O) groups is 1. The zero-order valence-electron chi connectivity index (χ0n) is 14.9. The third-order valence-electron chi connectivity index (χ3n) is 3.97. The number of nitrogens with one attached hydrogen (secondary N) is 1. The Balaban J connectivity index is 1.78. The van der Waals surface area contributed by atoms with Crippen molar-refractivity contribution in [3.8, 4) is 6.07 Å². The largest absolute Gasteiger partial charge is 0.352 e. The highest BCUT2D eigenvalue weighted by Gasteiger charge is 2.20. The van der Waals surface area contributed by atoms with Gasteiger partial charge in [-0.2, -0.15) is 5.26 Å². The lowest BCUT2D eigenvalue weighted by molar-refractivity contribution is -0.121. The molecule has 8 heteroatoms. The molecule has 0 aromatic heterocycles. The van der Waals surface area contributed by atoms with Crippen molar-refractivity contribution in [2.45, 2.75) is 24.3 Å². The molecule has 27 heavy (non-hydrogen) atoms.